The molecule has 0 bridgehead atoms. The molecular weight excluding hydrogens is 221 g/mol. The number of aliphatic hydroxyl groups is 1. The summed E-state index contributed by atoms with van der Waals surface area (Å²) in [6, 6.07) is 5.29. The predicted molar refractivity (Wildman–Crippen MR) is 57.7 cm³/mol. The molecule has 0 saturated heterocycles. The molecule has 1 aromatic heterocycles. The molecule has 0 fully saturated rings. The summed E-state index contributed by atoms with van der Waals surface area (Å²) in [4.78, 5) is 4.14. The van der Waals surface area contributed by atoms with Crippen LogP contribution in [0.25, 0.3) is 10.9 Å². The standard InChI is InChI=1S/C10H7Cl2NO/c11-7-1-2-8-9(3-7)13-4-6(5-14)10(8)12/h1-4,14H,5H2. The van der Waals surface area contributed by atoms with Crippen molar-refractivity contribution in [3.8, 4) is 0 Å². The Kier molecular flexibility index (Phi) is 2.59. The molecule has 0 aliphatic carbocycles. The second-order valence-corrected chi connectivity index (χ2v) is 3.73. The minimum absolute atomic E-state index is 0.107. The quantitative estimate of drug-likeness (QED) is 0.813. The highest BCUT2D eigenvalue weighted by Crippen LogP contribution is 2.27. The molecule has 2 nitrogen and oxygen atoms in total. The molecule has 2 aromatic rings. The molecule has 4 heteroatoms. The Labute approximate surface area is 91.1 Å². The SMILES string of the molecule is OCc1cnc2cc(Cl)ccc2c1Cl. The van der Waals surface area contributed by atoms with Crippen molar-refractivity contribution in [3.05, 3.63) is 40.0 Å². The normalized spacial score (nSPS) is 10.8. The van der Waals surface area contributed by atoms with Crippen LogP contribution < -0.4 is 0 Å². The third-order valence-corrected chi connectivity index (χ3v) is 2.69. The second kappa shape index (κ2) is 3.73. The molecule has 0 aliphatic rings. The monoisotopic (exact) mass is 227 g/mol. The van der Waals surface area contributed by atoms with E-state index in [-0.39, 0.29) is 6.61 Å². The Balaban J connectivity index is 2.77. The number of hydrogen-bond acceptors (Lipinski definition) is 2. The highest BCUT2D eigenvalue weighted by atomic mass is 35.5. The summed E-state index contributed by atoms with van der Waals surface area (Å²) in [5.41, 5.74) is 1.36. The zero-order valence-corrected chi connectivity index (χ0v) is 8.68. The molecule has 0 aliphatic heterocycles. The number of halogens is 2. The summed E-state index contributed by atoms with van der Waals surface area (Å²) in [6.07, 6.45) is 1.56. The van der Waals surface area contributed by atoms with Gasteiger partial charge in [0.2, 0.25) is 0 Å². The smallest absolute Gasteiger partial charge is 0.0732 e. The average molecular weight is 228 g/mol. The van der Waals surface area contributed by atoms with Crippen molar-refractivity contribution in [1.82, 2.24) is 4.98 Å². The van der Waals surface area contributed by atoms with Crippen LogP contribution in [0, 0.1) is 0 Å². The van der Waals surface area contributed by atoms with Gasteiger partial charge in [-0.3, -0.25) is 4.98 Å². The van der Waals surface area contributed by atoms with E-state index in [0.29, 0.717) is 15.6 Å². The van der Waals surface area contributed by atoms with Gasteiger partial charge in [0.05, 0.1) is 17.1 Å². The molecule has 0 atom stereocenters. The molecule has 0 saturated carbocycles. The van der Waals surface area contributed by atoms with E-state index in [4.69, 9.17) is 28.3 Å². The third-order valence-electron chi connectivity index (χ3n) is 2.01. The summed E-state index contributed by atoms with van der Waals surface area (Å²) in [5, 5.41) is 10.9. The van der Waals surface area contributed by atoms with E-state index in [1.807, 2.05) is 0 Å². The third kappa shape index (κ3) is 1.57. The van der Waals surface area contributed by atoms with Crippen molar-refractivity contribution >= 4 is 34.1 Å². The number of nitrogens with zero attached hydrogens (tertiary/aromatic N) is 1. The minimum Gasteiger partial charge on any atom is -0.392 e. The lowest BCUT2D eigenvalue weighted by Crippen LogP contribution is -1.89. The molecule has 1 N–H and O–H groups in total. The van der Waals surface area contributed by atoms with Gasteiger partial charge in [-0.1, -0.05) is 23.2 Å². The molecule has 0 unspecified atom stereocenters. The molecular formula is C10H7Cl2NO. The fraction of sp³-hybridized carbons (Fsp3) is 0.100. The van der Waals surface area contributed by atoms with E-state index in [1.165, 1.54) is 0 Å². The van der Waals surface area contributed by atoms with Crippen molar-refractivity contribution in [2.45, 2.75) is 6.61 Å². The van der Waals surface area contributed by atoms with Crippen LogP contribution in [0.4, 0.5) is 0 Å². The lowest BCUT2D eigenvalue weighted by Gasteiger charge is -2.04. The van der Waals surface area contributed by atoms with E-state index in [9.17, 15) is 0 Å². The van der Waals surface area contributed by atoms with Crippen molar-refractivity contribution in [1.29, 1.82) is 0 Å². The Morgan fingerprint density at radius 2 is 2.07 bits per heavy atom. The first-order valence-electron chi connectivity index (χ1n) is 4.06. The Hall–Kier alpha value is -0.830. The van der Waals surface area contributed by atoms with Gasteiger partial charge in [-0.25, -0.2) is 0 Å². The zero-order valence-electron chi connectivity index (χ0n) is 7.17. The Bertz CT molecular complexity index is 485. The fourth-order valence-electron chi connectivity index (χ4n) is 1.28. The number of fused-ring (bicyclic) bond motifs is 1. The molecule has 72 valence electrons. The fourth-order valence-corrected chi connectivity index (χ4v) is 1.72. The van der Waals surface area contributed by atoms with Gasteiger partial charge in [0.15, 0.2) is 0 Å². The molecule has 2 rings (SSSR count). The number of hydrogen-bond donors (Lipinski definition) is 1. The summed E-state index contributed by atoms with van der Waals surface area (Å²) in [7, 11) is 0. The minimum atomic E-state index is -0.107. The van der Waals surface area contributed by atoms with Gasteiger partial charge < -0.3 is 5.11 Å². The summed E-state index contributed by atoms with van der Waals surface area (Å²) in [6.45, 7) is -0.107. The van der Waals surface area contributed by atoms with Crippen LogP contribution in [0.5, 0.6) is 0 Å². The van der Waals surface area contributed by atoms with Crippen LogP contribution in [0.3, 0.4) is 0 Å². The first kappa shape index (κ1) is 9.71. The summed E-state index contributed by atoms with van der Waals surface area (Å²) < 4.78 is 0. The zero-order chi connectivity index (χ0) is 10.1. The van der Waals surface area contributed by atoms with E-state index < -0.39 is 0 Å². The van der Waals surface area contributed by atoms with Gasteiger partial charge in [0.25, 0.3) is 0 Å². The lowest BCUT2D eigenvalue weighted by atomic mass is 10.1. The van der Waals surface area contributed by atoms with Crippen molar-refractivity contribution in [2.75, 3.05) is 0 Å². The first-order valence-corrected chi connectivity index (χ1v) is 4.81. The maximum Gasteiger partial charge on any atom is 0.0732 e. The van der Waals surface area contributed by atoms with E-state index in [0.717, 1.165) is 10.9 Å². The molecule has 0 spiro atoms. The van der Waals surface area contributed by atoms with Crippen molar-refractivity contribution in [3.63, 3.8) is 0 Å². The molecule has 0 amide bonds. The molecule has 1 heterocycles. The average Bonchev–Trinajstić information content (AvgIpc) is 2.18. The van der Waals surface area contributed by atoms with Crippen LogP contribution >= 0.6 is 23.2 Å². The maximum atomic E-state index is 8.98. The Morgan fingerprint density at radius 3 is 2.79 bits per heavy atom. The van der Waals surface area contributed by atoms with Gasteiger partial charge in [-0.05, 0) is 18.2 Å². The number of benzene rings is 1. The van der Waals surface area contributed by atoms with Crippen molar-refractivity contribution < 1.29 is 5.11 Å². The topological polar surface area (TPSA) is 33.1 Å². The number of aromatic nitrogens is 1. The van der Waals surface area contributed by atoms with Crippen LogP contribution in [-0.4, -0.2) is 10.1 Å². The Morgan fingerprint density at radius 1 is 1.29 bits per heavy atom. The number of pyridine rings is 1. The lowest BCUT2D eigenvalue weighted by molar-refractivity contribution is 0.281. The maximum absolute atomic E-state index is 8.98. The van der Waals surface area contributed by atoms with Gasteiger partial charge in [-0.15, -0.1) is 0 Å². The first-order chi connectivity index (χ1) is 6.72. The van der Waals surface area contributed by atoms with Gasteiger partial charge >= 0.3 is 0 Å². The largest absolute Gasteiger partial charge is 0.392 e. The van der Waals surface area contributed by atoms with Crippen LogP contribution in [0.15, 0.2) is 24.4 Å². The molecule has 1 aromatic carbocycles. The van der Waals surface area contributed by atoms with E-state index >= 15 is 0 Å². The van der Waals surface area contributed by atoms with Gasteiger partial charge in [0, 0.05) is 22.2 Å². The molecule has 0 radical (unpaired) electrons. The van der Waals surface area contributed by atoms with Gasteiger partial charge in [0.1, 0.15) is 0 Å². The highest BCUT2D eigenvalue weighted by Gasteiger charge is 2.05. The van der Waals surface area contributed by atoms with Gasteiger partial charge in [-0.2, -0.15) is 0 Å². The second-order valence-electron chi connectivity index (χ2n) is 2.92. The van der Waals surface area contributed by atoms with Crippen molar-refractivity contribution in [2.24, 2.45) is 0 Å². The van der Waals surface area contributed by atoms with E-state index in [2.05, 4.69) is 4.98 Å². The van der Waals surface area contributed by atoms with Crippen LogP contribution in [-0.2, 0) is 6.61 Å². The number of aliphatic hydroxyl groups excluding tert-OH is 1. The van der Waals surface area contributed by atoms with E-state index in [1.54, 1.807) is 24.4 Å². The summed E-state index contributed by atoms with van der Waals surface area (Å²) >= 11 is 11.9. The highest BCUT2D eigenvalue weighted by molar-refractivity contribution is 6.36. The van der Waals surface area contributed by atoms with Crippen LogP contribution in [0.2, 0.25) is 10.0 Å². The predicted octanol–water partition coefficient (Wildman–Crippen LogP) is 3.03. The van der Waals surface area contributed by atoms with Crippen LogP contribution in [0.1, 0.15) is 5.56 Å². The number of rotatable bonds is 1. The molecule has 14 heavy (non-hydrogen) atoms. The summed E-state index contributed by atoms with van der Waals surface area (Å²) in [5.74, 6) is 0.